The third-order valence-corrected chi connectivity index (χ3v) is 3.03. The normalized spacial score (nSPS) is 10.9. The maximum atomic E-state index is 7.64. The number of rotatable bonds is 7. The predicted octanol–water partition coefficient (Wildman–Crippen LogP) is 3.57. The zero-order chi connectivity index (χ0) is 16.0. The number of benzene rings is 1. The lowest BCUT2D eigenvalue weighted by atomic mass is 9.98. The summed E-state index contributed by atoms with van der Waals surface area (Å²) < 4.78 is 11.1. The fraction of sp³-hybridized carbons (Fsp3) is 0.188. The minimum atomic E-state index is -0.0459. The molecule has 3 N–H and O–H groups in total. The predicted molar refractivity (Wildman–Crippen MR) is 90.5 cm³/mol. The Bertz CT molecular complexity index is 584. The summed E-state index contributed by atoms with van der Waals surface area (Å²) >= 11 is 3.24. The molecule has 21 heavy (non-hydrogen) atoms. The average molecular weight is 351 g/mol. The topological polar surface area (TPSA) is 68.3 Å². The quantitative estimate of drug-likeness (QED) is 0.448. The minimum Gasteiger partial charge on any atom is -0.497 e. The van der Waals surface area contributed by atoms with E-state index < -0.39 is 0 Å². The Kier molecular flexibility index (Phi) is 6.24. The largest absolute Gasteiger partial charge is 0.497 e. The van der Waals surface area contributed by atoms with E-state index in [1.807, 2.05) is 12.1 Å². The fourth-order valence-corrected chi connectivity index (χ4v) is 2.07. The zero-order valence-corrected chi connectivity index (χ0v) is 13.8. The van der Waals surface area contributed by atoms with Crippen LogP contribution in [0.2, 0.25) is 0 Å². The molecular weight excluding hydrogens is 332 g/mol. The molecule has 112 valence electrons. The van der Waals surface area contributed by atoms with Crippen LogP contribution in [-0.2, 0) is 6.42 Å². The summed E-state index contributed by atoms with van der Waals surface area (Å²) in [6, 6.07) is 5.59. The summed E-state index contributed by atoms with van der Waals surface area (Å²) in [7, 11) is 3.20. The van der Waals surface area contributed by atoms with Crippen molar-refractivity contribution in [3.05, 3.63) is 58.6 Å². The van der Waals surface area contributed by atoms with Crippen molar-refractivity contribution >= 4 is 21.8 Å². The Morgan fingerprint density at radius 3 is 2.14 bits per heavy atom. The first kappa shape index (κ1) is 17.0. The summed E-state index contributed by atoms with van der Waals surface area (Å²) in [5, 5.41) is 7.64. The second-order valence-corrected chi connectivity index (χ2v) is 5.44. The molecule has 0 aliphatic rings. The second kappa shape index (κ2) is 7.69. The molecule has 0 heterocycles. The maximum absolute atomic E-state index is 7.64. The Morgan fingerprint density at radius 2 is 1.76 bits per heavy atom. The molecule has 1 aromatic carbocycles. The third-order valence-electron chi connectivity index (χ3n) is 2.80. The van der Waals surface area contributed by atoms with Crippen LogP contribution in [0.5, 0.6) is 11.5 Å². The van der Waals surface area contributed by atoms with E-state index in [9.17, 15) is 0 Å². The lowest BCUT2D eigenvalue weighted by Gasteiger charge is -2.12. The lowest BCUT2D eigenvalue weighted by molar-refractivity contribution is 0.393. The highest BCUT2D eigenvalue weighted by Gasteiger charge is 2.10. The van der Waals surface area contributed by atoms with Crippen molar-refractivity contribution in [3.63, 3.8) is 0 Å². The number of nitrogens with one attached hydrogen (secondary N) is 1. The van der Waals surface area contributed by atoms with Crippen LogP contribution in [-0.4, -0.2) is 20.1 Å². The van der Waals surface area contributed by atoms with Gasteiger partial charge in [-0.15, -0.1) is 0 Å². The molecular formula is C16H19BrN2O2. The van der Waals surface area contributed by atoms with Crippen LogP contribution in [0.1, 0.15) is 5.56 Å². The Labute approximate surface area is 133 Å². The smallest absolute Gasteiger partial charge is 0.123 e. The van der Waals surface area contributed by atoms with E-state index in [2.05, 4.69) is 29.1 Å². The Morgan fingerprint density at radius 1 is 1.24 bits per heavy atom. The van der Waals surface area contributed by atoms with E-state index in [1.54, 1.807) is 26.4 Å². The van der Waals surface area contributed by atoms with Gasteiger partial charge in [-0.1, -0.05) is 29.1 Å². The highest BCUT2D eigenvalue weighted by atomic mass is 79.9. The highest BCUT2D eigenvalue weighted by Crippen LogP contribution is 2.26. The number of amidine groups is 1. The molecule has 1 aromatic rings. The van der Waals surface area contributed by atoms with Gasteiger partial charge in [0, 0.05) is 16.1 Å². The molecule has 0 bridgehead atoms. The molecule has 0 unspecified atom stereocenters. The molecule has 0 spiro atoms. The molecule has 0 aromatic heterocycles. The van der Waals surface area contributed by atoms with Gasteiger partial charge in [-0.05, 0) is 35.8 Å². The van der Waals surface area contributed by atoms with Crippen molar-refractivity contribution in [1.29, 1.82) is 5.41 Å². The molecule has 0 aliphatic carbocycles. The van der Waals surface area contributed by atoms with Crippen LogP contribution in [0.15, 0.2) is 53.1 Å². The van der Waals surface area contributed by atoms with Gasteiger partial charge in [-0.2, -0.15) is 0 Å². The van der Waals surface area contributed by atoms with Crippen molar-refractivity contribution in [2.24, 2.45) is 5.73 Å². The summed E-state index contributed by atoms with van der Waals surface area (Å²) in [5.41, 5.74) is 7.83. The number of methoxy groups -OCH3 is 2. The van der Waals surface area contributed by atoms with Gasteiger partial charge in [0.05, 0.1) is 14.2 Å². The van der Waals surface area contributed by atoms with Crippen molar-refractivity contribution in [2.75, 3.05) is 14.2 Å². The first-order valence-electron chi connectivity index (χ1n) is 6.18. The Hall–Kier alpha value is -2.01. The minimum absolute atomic E-state index is 0.0459. The van der Waals surface area contributed by atoms with Gasteiger partial charge in [-0.25, -0.2) is 0 Å². The Balaban J connectivity index is 3.06. The number of hydrogen-bond acceptors (Lipinski definition) is 3. The summed E-state index contributed by atoms with van der Waals surface area (Å²) in [6.07, 6.45) is 2.21. The SMILES string of the molecule is C=C(Br)/C=C(/C(=C)Cc1cc(OC)cc(OC)c1)C(=N)N. The third kappa shape index (κ3) is 5.11. The van der Waals surface area contributed by atoms with E-state index in [-0.39, 0.29) is 5.84 Å². The number of nitrogens with two attached hydrogens (primary N) is 1. The average Bonchev–Trinajstić information content (AvgIpc) is 2.43. The number of allylic oxidation sites excluding steroid dienone is 2. The highest BCUT2D eigenvalue weighted by molar-refractivity contribution is 9.11. The van der Waals surface area contributed by atoms with E-state index in [0.29, 0.717) is 28.0 Å². The fourth-order valence-electron chi connectivity index (χ4n) is 1.84. The van der Waals surface area contributed by atoms with Gasteiger partial charge in [0.15, 0.2) is 0 Å². The number of hydrogen-bond donors (Lipinski definition) is 2. The molecule has 0 saturated heterocycles. The molecule has 0 saturated carbocycles. The molecule has 5 heteroatoms. The number of halogens is 1. The molecule has 0 fully saturated rings. The first-order valence-corrected chi connectivity index (χ1v) is 6.97. The van der Waals surface area contributed by atoms with Crippen molar-refractivity contribution in [2.45, 2.75) is 6.42 Å². The summed E-state index contributed by atoms with van der Waals surface area (Å²) in [4.78, 5) is 0. The van der Waals surface area contributed by atoms with Crippen molar-refractivity contribution < 1.29 is 9.47 Å². The van der Waals surface area contributed by atoms with E-state index in [1.165, 1.54) is 0 Å². The second-order valence-electron chi connectivity index (χ2n) is 4.42. The van der Waals surface area contributed by atoms with E-state index >= 15 is 0 Å². The molecule has 4 nitrogen and oxygen atoms in total. The van der Waals surface area contributed by atoms with E-state index in [4.69, 9.17) is 20.6 Å². The molecule has 0 amide bonds. The summed E-state index contributed by atoms with van der Waals surface area (Å²) in [5.74, 6) is 1.36. The van der Waals surface area contributed by atoms with Crippen LogP contribution in [0.4, 0.5) is 0 Å². The zero-order valence-electron chi connectivity index (χ0n) is 12.2. The van der Waals surface area contributed by atoms with Gasteiger partial charge < -0.3 is 15.2 Å². The van der Waals surface area contributed by atoms with Gasteiger partial charge >= 0.3 is 0 Å². The van der Waals surface area contributed by atoms with Crippen molar-refractivity contribution in [1.82, 2.24) is 0 Å². The van der Waals surface area contributed by atoms with E-state index in [0.717, 1.165) is 11.1 Å². The molecule has 1 rings (SSSR count). The number of ether oxygens (including phenoxy) is 2. The summed E-state index contributed by atoms with van der Waals surface area (Å²) in [6.45, 7) is 7.73. The monoisotopic (exact) mass is 350 g/mol. The van der Waals surface area contributed by atoms with Crippen LogP contribution in [0.3, 0.4) is 0 Å². The van der Waals surface area contributed by atoms with Gasteiger partial charge in [0.1, 0.15) is 17.3 Å². The maximum Gasteiger partial charge on any atom is 0.123 e. The van der Waals surface area contributed by atoms with Crippen LogP contribution in [0.25, 0.3) is 0 Å². The van der Waals surface area contributed by atoms with Gasteiger partial charge in [0.2, 0.25) is 0 Å². The van der Waals surface area contributed by atoms with Gasteiger partial charge in [0.25, 0.3) is 0 Å². The van der Waals surface area contributed by atoms with Crippen LogP contribution >= 0.6 is 15.9 Å². The van der Waals surface area contributed by atoms with Crippen molar-refractivity contribution in [3.8, 4) is 11.5 Å². The standard InChI is InChI=1S/C16H19BrN2O2/c1-10(15(16(18)19)6-11(2)17)5-12-7-13(20-3)9-14(8-12)21-4/h6-9H,1-2,5H2,3-4H3,(H3,18,19)/b15-6-. The van der Waals surface area contributed by atoms with Crippen LogP contribution < -0.4 is 15.2 Å². The lowest BCUT2D eigenvalue weighted by Crippen LogP contribution is -2.15. The molecule has 0 atom stereocenters. The molecule has 0 aliphatic heterocycles. The molecule has 0 radical (unpaired) electrons. The van der Waals surface area contributed by atoms with Crippen LogP contribution in [0, 0.1) is 5.41 Å². The van der Waals surface area contributed by atoms with Gasteiger partial charge in [-0.3, -0.25) is 5.41 Å². The first-order chi connectivity index (χ1) is 9.87.